The van der Waals surface area contributed by atoms with Crippen molar-refractivity contribution in [1.29, 1.82) is 0 Å². The molecule has 38 heavy (non-hydrogen) atoms. The molecule has 4 aromatic rings. The Bertz CT molecular complexity index is 1430. The molecule has 5 rings (SSSR count). The lowest BCUT2D eigenvalue weighted by atomic mass is 10.1. The number of likely N-dealkylation sites (tertiary alicyclic amines) is 1. The Morgan fingerprint density at radius 3 is 2.55 bits per heavy atom. The molecule has 1 aliphatic rings. The van der Waals surface area contributed by atoms with Crippen LogP contribution in [0.25, 0.3) is 22.2 Å². The second-order valence-electron chi connectivity index (χ2n) is 11.0. The molecule has 198 valence electrons. The molecule has 10 nitrogen and oxygen atoms in total. The van der Waals surface area contributed by atoms with Crippen LogP contribution in [0.1, 0.15) is 65.0 Å². The van der Waals surface area contributed by atoms with Gasteiger partial charge in [-0.15, -0.1) is 5.10 Å². The number of amides is 1. The normalized spacial score (nSPS) is 14.7. The third-order valence-corrected chi connectivity index (χ3v) is 6.56. The highest BCUT2D eigenvalue weighted by Crippen LogP contribution is 2.28. The zero-order valence-corrected chi connectivity index (χ0v) is 22.5. The highest BCUT2D eigenvalue weighted by atomic mass is 16.6. The standard InChI is InChI=1S/C28H34N8O2/c1-18(2)19-13-26(34-30-15-19)33-25-7-6-23-24(32-25)12-20(14-29-23)21-16-31-36(17-21)22-8-10-35(11-9-22)27(37)38-28(3,4)5/h6-7,12-18,22H,8-11H2,1-5H3,(H,32,33,34). The molecule has 1 saturated heterocycles. The van der Waals surface area contributed by atoms with Crippen LogP contribution in [0.5, 0.6) is 0 Å². The van der Waals surface area contributed by atoms with Crippen molar-refractivity contribution < 1.29 is 9.53 Å². The number of carbonyl (C=O) groups excluding carboxylic acids is 1. The Kier molecular flexibility index (Phi) is 6.96. The monoisotopic (exact) mass is 514 g/mol. The Balaban J connectivity index is 1.28. The topological polar surface area (TPSA) is 111 Å². The van der Waals surface area contributed by atoms with Crippen molar-refractivity contribution in [2.24, 2.45) is 0 Å². The average molecular weight is 515 g/mol. The molecule has 0 radical (unpaired) electrons. The van der Waals surface area contributed by atoms with Crippen molar-refractivity contribution in [3.05, 3.63) is 54.6 Å². The predicted octanol–water partition coefficient (Wildman–Crippen LogP) is 5.72. The summed E-state index contributed by atoms with van der Waals surface area (Å²) in [4.78, 5) is 23.5. The van der Waals surface area contributed by atoms with Crippen LogP contribution in [-0.2, 0) is 4.74 Å². The van der Waals surface area contributed by atoms with E-state index in [1.165, 1.54) is 0 Å². The van der Waals surface area contributed by atoms with Crippen LogP contribution in [0.3, 0.4) is 0 Å². The van der Waals surface area contributed by atoms with Crippen LogP contribution in [0.15, 0.2) is 49.1 Å². The van der Waals surface area contributed by atoms with Gasteiger partial charge in [0.15, 0.2) is 5.82 Å². The van der Waals surface area contributed by atoms with Gasteiger partial charge in [0.25, 0.3) is 0 Å². The molecule has 0 spiro atoms. The molecule has 1 aliphatic heterocycles. The minimum Gasteiger partial charge on any atom is -0.444 e. The maximum Gasteiger partial charge on any atom is 0.410 e. The van der Waals surface area contributed by atoms with Gasteiger partial charge in [0, 0.05) is 36.6 Å². The van der Waals surface area contributed by atoms with Gasteiger partial charge in [-0.1, -0.05) is 13.8 Å². The number of anilines is 2. The number of carbonyl (C=O) groups is 1. The van der Waals surface area contributed by atoms with Gasteiger partial charge in [0.2, 0.25) is 0 Å². The SMILES string of the molecule is CC(C)c1cnnc(Nc2ccc3ncc(-c4cnn(C5CCN(C(=O)OC(C)(C)C)CC5)c4)cc3n2)c1. The molecular formula is C28H34N8O2. The van der Waals surface area contributed by atoms with Crippen molar-refractivity contribution in [2.45, 2.75) is 65.0 Å². The Morgan fingerprint density at radius 1 is 1.03 bits per heavy atom. The van der Waals surface area contributed by atoms with Gasteiger partial charge in [0.1, 0.15) is 11.4 Å². The first-order valence-corrected chi connectivity index (χ1v) is 13.0. The van der Waals surface area contributed by atoms with Crippen LogP contribution in [0.4, 0.5) is 16.4 Å². The van der Waals surface area contributed by atoms with Crippen LogP contribution < -0.4 is 5.32 Å². The highest BCUT2D eigenvalue weighted by Gasteiger charge is 2.28. The minimum absolute atomic E-state index is 0.229. The van der Waals surface area contributed by atoms with Crippen molar-refractivity contribution in [3.63, 3.8) is 0 Å². The third kappa shape index (κ3) is 5.90. The maximum atomic E-state index is 12.4. The number of ether oxygens (including phenoxy) is 1. The lowest BCUT2D eigenvalue weighted by molar-refractivity contribution is 0.0185. The zero-order valence-electron chi connectivity index (χ0n) is 22.5. The van der Waals surface area contributed by atoms with Gasteiger partial charge in [-0.25, -0.2) is 9.78 Å². The first kappa shape index (κ1) is 25.6. The van der Waals surface area contributed by atoms with Crippen LogP contribution in [0, 0.1) is 0 Å². The van der Waals surface area contributed by atoms with Gasteiger partial charge in [-0.3, -0.25) is 9.67 Å². The fraction of sp³-hybridized carbons (Fsp3) is 0.429. The second kappa shape index (κ2) is 10.4. The van der Waals surface area contributed by atoms with E-state index >= 15 is 0 Å². The summed E-state index contributed by atoms with van der Waals surface area (Å²) in [5, 5.41) is 16.2. The Morgan fingerprint density at radius 2 is 1.82 bits per heavy atom. The fourth-order valence-electron chi connectivity index (χ4n) is 4.45. The molecule has 10 heteroatoms. The number of hydrogen-bond acceptors (Lipinski definition) is 8. The number of hydrogen-bond donors (Lipinski definition) is 1. The van der Waals surface area contributed by atoms with E-state index in [1.807, 2.05) is 68.3 Å². The van der Waals surface area contributed by atoms with Gasteiger partial charge in [-0.2, -0.15) is 10.2 Å². The summed E-state index contributed by atoms with van der Waals surface area (Å²) >= 11 is 0. The zero-order chi connectivity index (χ0) is 26.9. The van der Waals surface area contributed by atoms with E-state index in [4.69, 9.17) is 9.72 Å². The molecule has 0 unspecified atom stereocenters. The van der Waals surface area contributed by atoms with Gasteiger partial charge in [-0.05, 0) is 69.4 Å². The van der Waals surface area contributed by atoms with Crippen LogP contribution in [0.2, 0.25) is 0 Å². The number of piperidine rings is 1. The summed E-state index contributed by atoms with van der Waals surface area (Å²) in [5.74, 6) is 1.70. The van der Waals surface area contributed by atoms with E-state index in [0.29, 0.717) is 30.6 Å². The summed E-state index contributed by atoms with van der Waals surface area (Å²) in [5.41, 5.74) is 4.13. The number of rotatable bonds is 5. The minimum atomic E-state index is -0.489. The number of pyridine rings is 2. The molecule has 1 N–H and O–H groups in total. The summed E-state index contributed by atoms with van der Waals surface area (Å²) in [6.45, 7) is 11.2. The number of nitrogens with zero attached hydrogens (tertiary/aromatic N) is 7. The molecule has 1 amide bonds. The molecule has 0 saturated carbocycles. The number of fused-ring (bicyclic) bond motifs is 1. The smallest absolute Gasteiger partial charge is 0.410 e. The molecule has 5 heterocycles. The van der Waals surface area contributed by atoms with Gasteiger partial charge in [0.05, 0.1) is 29.5 Å². The Hall–Kier alpha value is -4.08. The third-order valence-electron chi connectivity index (χ3n) is 6.56. The quantitative estimate of drug-likeness (QED) is 0.360. The lowest BCUT2D eigenvalue weighted by Gasteiger charge is -2.33. The highest BCUT2D eigenvalue weighted by molar-refractivity contribution is 5.81. The molecule has 0 aliphatic carbocycles. The van der Waals surface area contributed by atoms with E-state index in [1.54, 1.807) is 11.1 Å². The molecule has 0 atom stereocenters. The van der Waals surface area contributed by atoms with E-state index in [2.05, 4.69) is 39.4 Å². The predicted molar refractivity (Wildman–Crippen MR) is 146 cm³/mol. The van der Waals surface area contributed by atoms with E-state index in [-0.39, 0.29) is 12.1 Å². The van der Waals surface area contributed by atoms with E-state index < -0.39 is 5.60 Å². The maximum absolute atomic E-state index is 12.4. The molecule has 1 fully saturated rings. The molecular weight excluding hydrogens is 480 g/mol. The van der Waals surface area contributed by atoms with Crippen molar-refractivity contribution in [1.82, 2.24) is 34.8 Å². The van der Waals surface area contributed by atoms with Gasteiger partial charge >= 0.3 is 6.09 Å². The largest absolute Gasteiger partial charge is 0.444 e. The molecule has 4 aromatic heterocycles. The average Bonchev–Trinajstić information content (AvgIpc) is 3.38. The van der Waals surface area contributed by atoms with Crippen LogP contribution >= 0.6 is 0 Å². The van der Waals surface area contributed by atoms with E-state index in [9.17, 15) is 4.79 Å². The molecule has 0 bridgehead atoms. The lowest BCUT2D eigenvalue weighted by Crippen LogP contribution is -2.42. The summed E-state index contributed by atoms with van der Waals surface area (Å²) in [6.07, 6.45) is 8.94. The summed E-state index contributed by atoms with van der Waals surface area (Å²) < 4.78 is 7.51. The number of aromatic nitrogens is 6. The Labute approximate surface area is 222 Å². The van der Waals surface area contributed by atoms with Crippen molar-refractivity contribution in [2.75, 3.05) is 18.4 Å². The summed E-state index contributed by atoms with van der Waals surface area (Å²) in [6, 6.07) is 8.07. The summed E-state index contributed by atoms with van der Waals surface area (Å²) in [7, 11) is 0. The van der Waals surface area contributed by atoms with Crippen LogP contribution in [-0.4, -0.2) is 59.6 Å². The fourth-order valence-corrected chi connectivity index (χ4v) is 4.45. The number of nitrogens with one attached hydrogen (secondary N) is 1. The first-order valence-electron chi connectivity index (χ1n) is 13.0. The van der Waals surface area contributed by atoms with E-state index in [0.717, 1.165) is 40.6 Å². The second-order valence-corrected chi connectivity index (χ2v) is 11.0. The van der Waals surface area contributed by atoms with Crippen molar-refractivity contribution in [3.8, 4) is 11.1 Å². The van der Waals surface area contributed by atoms with Gasteiger partial charge < -0.3 is 15.0 Å². The molecule has 0 aromatic carbocycles. The van der Waals surface area contributed by atoms with Crippen molar-refractivity contribution >= 4 is 28.8 Å². The first-order chi connectivity index (χ1) is 18.1.